The molecule has 0 aliphatic rings. The zero-order valence-corrected chi connectivity index (χ0v) is 8.91. The Hall–Kier alpha value is -1.84. The van der Waals surface area contributed by atoms with E-state index in [1.165, 1.54) is 0 Å². The van der Waals surface area contributed by atoms with Gasteiger partial charge in [-0.05, 0) is 18.6 Å². The van der Waals surface area contributed by atoms with Gasteiger partial charge in [-0.1, -0.05) is 13.5 Å². The van der Waals surface area contributed by atoms with E-state index in [2.05, 4.69) is 16.9 Å². The van der Waals surface area contributed by atoms with Crippen molar-refractivity contribution in [3.63, 3.8) is 0 Å². The lowest BCUT2D eigenvalue weighted by Gasteiger charge is -2.08. The van der Waals surface area contributed by atoms with Gasteiger partial charge in [-0.3, -0.25) is 0 Å². The number of rotatable bonds is 4. The van der Waals surface area contributed by atoms with Crippen LogP contribution in [0, 0.1) is 0 Å². The number of anilines is 1. The third-order valence-electron chi connectivity index (χ3n) is 1.95. The maximum absolute atomic E-state index is 11.4. The third-order valence-corrected chi connectivity index (χ3v) is 1.95. The number of nitrogens with zero attached hydrogens (tertiary/aromatic N) is 1. The first-order chi connectivity index (χ1) is 7.19. The molecule has 0 aromatic carbocycles. The number of pyridine rings is 1. The van der Waals surface area contributed by atoms with Gasteiger partial charge >= 0.3 is 5.97 Å². The molecule has 0 aliphatic heterocycles. The molecule has 0 radical (unpaired) electrons. The fraction of sp³-hybridized carbons (Fsp3) is 0.273. The Labute approximate surface area is 89.0 Å². The van der Waals surface area contributed by atoms with Gasteiger partial charge in [0.15, 0.2) is 0 Å². The van der Waals surface area contributed by atoms with Crippen molar-refractivity contribution in [3.8, 4) is 5.88 Å². The fourth-order valence-corrected chi connectivity index (χ4v) is 0.967. The zero-order chi connectivity index (χ0) is 11.3. The molecule has 0 bridgehead atoms. The lowest BCUT2D eigenvalue weighted by atomic mass is 10.2. The average molecular weight is 206 g/mol. The maximum Gasteiger partial charge on any atom is 0.340 e. The molecule has 0 spiro atoms. The van der Waals surface area contributed by atoms with Crippen LogP contribution in [-0.2, 0) is 4.79 Å². The Morgan fingerprint density at radius 3 is 3.00 bits per heavy atom. The van der Waals surface area contributed by atoms with Crippen LogP contribution in [0.25, 0.3) is 0 Å². The summed E-state index contributed by atoms with van der Waals surface area (Å²) in [4.78, 5) is 15.4. The summed E-state index contributed by atoms with van der Waals surface area (Å²) in [6.45, 7) is 5.45. The third kappa shape index (κ3) is 2.80. The second kappa shape index (κ2) is 5.14. The van der Waals surface area contributed by atoms with Crippen LogP contribution >= 0.6 is 0 Å². The Kier molecular flexibility index (Phi) is 3.85. The van der Waals surface area contributed by atoms with Gasteiger partial charge in [-0.25, -0.2) is 9.78 Å². The van der Waals surface area contributed by atoms with Gasteiger partial charge in [0.05, 0.1) is 5.69 Å². The van der Waals surface area contributed by atoms with Crippen molar-refractivity contribution in [2.24, 2.45) is 0 Å². The topological polar surface area (TPSA) is 51.2 Å². The molecule has 0 aliphatic carbocycles. The van der Waals surface area contributed by atoms with Crippen molar-refractivity contribution in [1.29, 1.82) is 0 Å². The van der Waals surface area contributed by atoms with Gasteiger partial charge in [0.25, 0.3) is 0 Å². The lowest BCUT2D eigenvalue weighted by Crippen LogP contribution is -2.11. The van der Waals surface area contributed by atoms with Gasteiger partial charge in [-0.2, -0.15) is 0 Å². The van der Waals surface area contributed by atoms with E-state index in [0.717, 1.165) is 0 Å². The van der Waals surface area contributed by atoms with Gasteiger partial charge < -0.3 is 10.1 Å². The molecule has 0 unspecified atom stereocenters. The van der Waals surface area contributed by atoms with E-state index >= 15 is 0 Å². The predicted octanol–water partition coefficient (Wildman–Crippen LogP) is 1.99. The van der Waals surface area contributed by atoms with E-state index in [0.29, 0.717) is 17.7 Å². The Bertz CT molecular complexity index is 375. The molecule has 1 heterocycles. The molecule has 0 saturated heterocycles. The highest BCUT2D eigenvalue weighted by atomic mass is 16.5. The van der Waals surface area contributed by atoms with E-state index in [4.69, 9.17) is 4.74 Å². The number of aromatic nitrogens is 1. The molecule has 15 heavy (non-hydrogen) atoms. The van der Waals surface area contributed by atoms with Crippen LogP contribution in [0.4, 0.5) is 5.69 Å². The number of esters is 1. The van der Waals surface area contributed by atoms with E-state index < -0.39 is 5.97 Å². The van der Waals surface area contributed by atoms with Crippen molar-refractivity contribution >= 4 is 11.7 Å². The summed E-state index contributed by atoms with van der Waals surface area (Å²) >= 11 is 0. The van der Waals surface area contributed by atoms with Gasteiger partial charge in [0, 0.05) is 18.8 Å². The number of hydrogen-bond acceptors (Lipinski definition) is 4. The van der Waals surface area contributed by atoms with Gasteiger partial charge in [0.2, 0.25) is 5.88 Å². The van der Waals surface area contributed by atoms with Crippen molar-refractivity contribution in [1.82, 2.24) is 4.98 Å². The average Bonchev–Trinajstić information content (AvgIpc) is 2.28. The molecule has 1 aromatic heterocycles. The lowest BCUT2D eigenvalue weighted by molar-refractivity contribution is -0.130. The molecule has 4 heteroatoms. The first-order valence-corrected chi connectivity index (χ1v) is 4.71. The molecule has 1 N–H and O–H groups in total. The van der Waals surface area contributed by atoms with Crippen LogP contribution in [0.1, 0.15) is 13.3 Å². The Balaban J connectivity index is 2.80. The van der Waals surface area contributed by atoms with E-state index in [1.807, 2.05) is 6.92 Å². The standard InChI is InChI=1S/C11H14N2O2/c1-4-8(2)11(14)15-10-9(12-3)6-5-7-13-10/h5-7,12H,2,4H2,1,3H3. The smallest absolute Gasteiger partial charge is 0.340 e. The number of nitrogens with one attached hydrogen (secondary N) is 1. The first-order valence-electron chi connectivity index (χ1n) is 4.71. The Morgan fingerprint density at radius 1 is 1.67 bits per heavy atom. The highest BCUT2D eigenvalue weighted by Gasteiger charge is 2.11. The zero-order valence-electron chi connectivity index (χ0n) is 8.91. The van der Waals surface area contributed by atoms with Crippen molar-refractivity contribution in [2.75, 3.05) is 12.4 Å². The summed E-state index contributed by atoms with van der Waals surface area (Å²) in [5, 5.41) is 2.89. The number of hydrogen-bond donors (Lipinski definition) is 1. The Morgan fingerprint density at radius 2 is 2.40 bits per heavy atom. The molecule has 4 nitrogen and oxygen atoms in total. The molecule has 0 fully saturated rings. The summed E-state index contributed by atoms with van der Waals surface area (Å²) in [6, 6.07) is 3.54. The fourth-order valence-electron chi connectivity index (χ4n) is 0.967. The van der Waals surface area contributed by atoms with Gasteiger partial charge in [-0.15, -0.1) is 0 Å². The van der Waals surface area contributed by atoms with Crippen LogP contribution in [0.2, 0.25) is 0 Å². The minimum Gasteiger partial charge on any atom is -0.402 e. The normalized spacial score (nSPS) is 9.47. The second-order valence-electron chi connectivity index (χ2n) is 2.95. The predicted molar refractivity (Wildman–Crippen MR) is 58.8 cm³/mol. The molecule has 0 amide bonds. The molecule has 1 aromatic rings. The van der Waals surface area contributed by atoms with Crippen LogP contribution in [0.15, 0.2) is 30.5 Å². The highest BCUT2D eigenvalue weighted by Crippen LogP contribution is 2.20. The second-order valence-corrected chi connectivity index (χ2v) is 2.95. The van der Waals surface area contributed by atoms with Crippen LogP contribution in [-0.4, -0.2) is 18.0 Å². The molecule has 80 valence electrons. The summed E-state index contributed by atoms with van der Waals surface area (Å²) in [6.07, 6.45) is 2.14. The largest absolute Gasteiger partial charge is 0.402 e. The van der Waals surface area contributed by atoms with E-state index in [-0.39, 0.29) is 5.88 Å². The SMILES string of the molecule is C=C(CC)C(=O)Oc1ncccc1NC. The van der Waals surface area contributed by atoms with E-state index in [9.17, 15) is 4.79 Å². The maximum atomic E-state index is 11.4. The summed E-state index contributed by atoms with van der Waals surface area (Å²) in [7, 11) is 1.74. The molecule has 1 rings (SSSR count). The molecule has 0 atom stereocenters. The van der Waals surface area contributed by atoms with Crippen LogP contribution in [0.5, 0.6) is 5.88 Å². The first kappa shape index (κ1) is 11.2. The number of ether oxygens (including phenoxy) is 1. The summed E-state index contributed by atoms with van der Waals surface area (Å²) < 4.78 is 5.08. The highest BCUT2D eigenvalue weighted by molar-refractivity contribution is 5.89. The minimum atomic E-state index is -0.437. The van der Waals surface area contributed by atoms with Crippen LogP contribution in [0.3, 0.4) is 0 Å². The minimum absolute atomic E-state index is 0.277. The number of carbonyl (C=O) groups excluding carboxylic acids is 1. The number of carbonyl (C=O) groups is 1. The summed E-state index contributed by atoms with van der Waals surface area (Å²) in [5.74, 6) is -0.160. The van der Waals surface area contributed by atoms with Crippen molar-refractivity contribution in [3.05, 3.63) is 30.5 Å². The summed E-state index contributed by atoms with van der Waals surface area (Å²) in [5.41, 5.74) is 1.11. The molecule has 0 saturated carbocycles. The van der Waals surface area contributed by atoms with Crippen molar-refractivity contribution in [2.45, 2.75) is 13.3 Å². The molecular weight excluding hydrogens is 192 g/mol. The molecular formula is C11H14N2O2. The van der Waals surface area contributed by atoms with Gasteiger partial charge in [0.1, 0.15) is 0 Å². The van der Waals surface area contributed by atoms with E-state index in [1.54, 1.807) is 25.4 Å². The van der Waals surface area contributed by atoms with Crippen LogP contribution < -0.4 is 10.1 Å². The quantitative estimate of drug-likeness (QED) is 0.604. The monoisotopic (exact) mass is 206 g/mol. The van der Waals surface area contributed by atoms with Crippen molar-refractivity contribution < 1.29 is 9.53 Å².